The van der Waals surface area contributed by atoms with Gasteiger partial charge in [0.1, 0.15) is 10.1 Å². The molecule has 0 aliphatic rings. The van der Waals surface area contributed by atoms with Crippen LogP contribution in [0.5, 0.6) is 0 Å². The van der Waals surface area contributed by atoms with Gasteiger partial charge in [-0.2, -0.15) is 0 Å². The van der Waals surface area contributed by atoms with E-state index < -0.39 is 10.1 Å². The standard InChI is InChI=1S/C14H15N.C6H6O3S.Na/c1-3-7-13(8-4-1)11-15-12-14-9-5-2-6-10-14;7-10(8,9)6-4-2-1-3-5-6;/h1-10,15H,11-12H2;1-5H,(H,7,8,9);/q;;+1/p-1. The van der Waals surface area contributed by atoms with E-state index in [0.29, 0.717) is 0 Å². The van der Waals surface area contributed by atoms with Gasteiger partial charge in [0.05, 0.1) is 4.90 Å². The predicted octanol–water partition coefficient (Wildman–Crippen LogP) is 0.571. The Morgan fingerprint density at radius 3 is 1.31 bits per heavy atom. The van der Waals surface area contributed by atoms with E-state index in [9.17, 15) is 13.0 Å². The maximum Gasteiger partial charge on any atom is 1.00 e. The summed E-state index contributed by atoms with van der Waals surface area (Å²) in [4.78, 5) is -0.185. The number of rotatable bonds is 5. The molecule has 1 N–H and O–H groups in total. The summed E-state index contributed by atoms with van der Waals surface area (Å²) < 4.78 is 30.8. The summed E-state index contributed by atoms with van der Waals surface area (Å²) in [6, 6.07) is 28.1. The summed E-state index contributed by atoms with van der Waals surface area (Å²) >= 11 is 0. The van der Waals surface area contributed by atoms with Crippen molar-refractivity contribution in [1.29, 1.82) is 0 Å². The minimum atomic E-state index is -4.25. The zero-order chi connectivity index (χ0) is 18.0. The van der Waals surface area contributed by atoms with Crippen molar-refractivity contribution in [2.24, 2.45) is 0 Å². The van der Waals surface area contributed by atoms with Gasteiger partial charge >= 0.3 is 29.6 Å². The van der Waals surface area contributed by atoms with Crippen LogP contribution in [0.2, 0.25) is 0 Å². The molecule has 6 heteroatoms. The van der Waals surface area contributed by atoms with Crippen LogP contribution in [0.15, 0.2) is 95.9 Å². The van der Waals surface area contributed by atoms with Crippen LogP contribution in [0.1, 0.15) is 11.1 Å². The summed E-state index contributed by atoms with van der Waals surface area (Å²) in [7, 11) is -4.25. The van der Waals surface area contributed by atoms with E-state index in [1.54, 1.807) is 6.07 Å². The molecule has 0 spiro atoms. The van der Waals surface area contributed by atoms with Gasteiger partial charge in [-0.25, -0.2) is 8.42 Å². The second kappa shape index (κ2) is 12.0. The number of hydrogen-bond acceptors (Lipinski definition) is 4. The van der Waals surface area contributed by atoms with Gasteiger partial charge in [-0.05, 0) is 23.3 Å². The molecule has 0 unspecified atom stereocenters. The largest absolute Gasteiger partial charge is 1.00 e. The molecular formula is C20H20NNaO3S. The fourth-order valence-electron chi connectivity index (χ4n) is 2.13. The van der Waals surface area contributed by atoms with Gasteiger partial charge in [0.2, 0.25) is 0 Å². The zero-order valence-electron chi connectivity index (χ0n) is 14.7. The fourth-order valence-corrected chi connectivity index (χ4v) is 2.62. The quantitative estimate of drug-likeness (QED) is 0.521. The summed E-state index contributed by atoms with van der Waals surface area (Å²) in [6.45, 7) is 1.85. The minimum absolute atomic E-state index is 0. The summed E-state index contributed by atoms with van der Waals surface area (Å²) in [5.74, 6) is 0. The van der Waals surface area contributed by atoms with Crippen molar-refractivity contribution in [2.45, 2.75) is 18.0 Å². The van der Waals surface area contributed by atoms with Crippen molar-refractivity contribution >= 4 is 10.1 Å². The molecule has 3 rings (SSSR count). The molecule has 0 heterocycles. The monoisotopic (exact) mass is 377 g/mol. The Labute approximate surface area is 177 Å². The minimum Gasteiger partial charge on any atom is -0.744 e. The van der Waals surface area contributed by atoms with Crippen LogP contribution >= 0.6 is 0 Å². The number of nitrogens with one attached hydrogen (secondary N) is 1. The SMILES string of the molecule is O=S(=O)([O-])c1ccccc1.[Na+].c1ccc(CNCc2ccccc2)cc1. The Morgan fingerprint density at radius 1 is 0.654 bits per heavy atom. The molecule has 0 radical (unpaired) electrons. The average Bonchev–Trinajstić information content (AvgIpc) is 2.64. The van der Waals surface area contributed by atoms with Crippen molar-refractivity contribution in [2.75, 3.05) is 0 Å². The smallest absolute Gasteiger partial charge is 0.744 e. The molecule has 0 aliphatic heterocycles. The molecule has 0 saturated heterocycles. The van der Waals surface area contributed by atoms with E-state index in [2.05, 4.69) is 53.8 Å². The van der Waals surface area contributed by atoms with Crippen molar-refractivity contribution < 1.29 is 42.5 Å². The molecule has 0 saturated carbocycles. The van der Waals surface area contributed by atoms with Gasteiger partial charge in [0.25, 0.3) is 0 Å². The van der Waals surface area contributed by atoms with Gasteiger partial charge in [-0.1, -0.05) is 78.9 Å². The van der Waals surface area contributed by atoms with Crippen LogP contribution in [0, 0.1) is 0 Å². The molecule has 0 atom stereocenters. The second-order valence-electron chi connectivity index (χ2n) is 5.34. The molecular weight excluding hydrogens is 357 g/mol. The van der Waals surface area contributed by atoms with Crippen LogP contribution < -0.4 is 34.9 Å². The van der Waals surface area contributed by atoms with E-state index in [0.717, 1.165) is 13.1 Å². The van der Waals surface area contributed by atoms with Gasteiger partial charge in [0, 0.05) is 13.1 Å². The Hall–Kier alpha value is -1.47. The number of hydrogen-bond donors (Lipinski definition) is 1. The van der Waals surface area contributed by atoms with Gasteiger partial charge in [-0.15, -0.1) is 0 Å². The van der Waals surface area contributed by atoms with Crippen LogP contribution in [-0.2, 0) is 23.2 Å². The molecule has 4 nitrogen and oxygen atoms in total. The third kappa shape index (κ3) is 8.76. The van der Waals surface area contributed by atoms with Gasteiger partial charge in [0.15, 0.2) is 0 Å². The van der Waals surface area contributed by atoms with E-state index in [4.69, 9.17) is 0 Å². The number of benzene rings is 3. The topological polar surface area (TPSA) is 69.2 Å². The Bertz CT molecular complexity index is 802. The second-order valence-corrected chi connectivity index (χ2v) is 6.72. The van der Waals surface area contributed by atoms with Crippen molar-refractivity contribution in [3.05, 3.63) is 102 Å². The van der Waals surface area contributed by atoms with Crippen LogP contribution in [-0.4, -0.2) is 13.0 Å². The molecule has 3 aromatic rings. The van der Waals surface area contributed by atoms with E-state index in [1.807, 2.05) is 12.1 Å². The fraction of sp³-hybridized carbons (Fsp3) is 0.100. The van der Waals surface area contributed by atoms with E-state index in [-0.39, 0.29) is 34.5 Å². The molecule has 26 heavy (non-hydrogen) atoms. The van der Waals surface area contributed by atoms with Crippen molar-refractivity contribution in [3.8, 4) is 0 Å². The Morgan fingerprint density at radius 2 is 1.00 bits per heavy atom. The Kier molecular flexibility index (Phi) is 10.4. The summed E-state index contributed by atoms with van der Waals surface area (Å²) in [5.41, 5.74) is 2.65. The molecule has 0 fully saturated rings. The Balaban J connectivity index is 0.000000270. The van der Waals surface area contributed by atoms with Crippen LogP contribution in [0.25, 0.3) is 0 Å². The molecule has 0 amide bonds. The van der Waals surface area contributed by atoms with Crippen molar-refractivity contribution in [3.63, 3.8) is 0 Å². The molecule has 130 valence electrons. The third-order valence-electron chi connectivity index (χ3n) is 3.38. The maximum absolute atomic E-state index is 10.3. The maximum atomic E-state index is 10.3. The first-order valence-electron chi connectivity index (χ1n) is 7.85. The van der Waals surface area contributed by atoms with E-state index >= 15 is 0 Å². The molecule has 0 aromatic heterocycles. The third-order valence-corrected chi connectivity index (χ3v) is 4.23. The average molecular weight is 377 g/mol. The van der Waals surface area contributed by atoms with Crippen LogP contribution in [0.3, 0.4) is 0 Å². The van der Waals surface area contributed by atoms with Gasteiger partial charge < -0.3 is 9.87 Å². The van der Waals surface area contributed by atoms with Gasteiger partial charge in [-0.3, -0.25) is 0 Å². The molecule has 0 aliphatic carbocycles. The van der Waals surface area contributed by atoms with Crippen LogP contribution in [0.4, 0.5) is 0 Å². The summed E-state index contributed by atoms with van der Waals surface area (Å²) in [5, 5.41) is 3.42. The first kappa shape index (κ1) is 22.6. The molecule has 0 bridgehead atoms. The predicted molar refractivity (Wildman–Crippen MR) is 97.8 cm³/mol. The van der Waals surface area contributed by atoms with Crippen molar-refractivity contribution in [1.82, 2.24) is 5.32 Å². The zero-order valence-corrected chi connectivity index (χ0v) is 17.5. The first-order valence-corrected chi connectivity index (χ1v) is 9.26. The molecule has 3 aromatic carbocycles. The summed E-state index contributed by atoms with van der Waals surface area (Å²) in [6.07, 6.45) is 0. The normalized spacial score (nSPS) is 10.2. The van der Waals surface area contributed by atoms with E-state index in [1.165, 1.54) is 35.4 Å². The first-order chi connectivity index (χ1) is 12.1.